The number of rotatable bonds is 1. The van der Waals surface area contributed by atoms with Gasteiger partial charge in [-0.15, -0.1) is 0 Å². The van der Waals surface area contributed by atoms with Crippen LogP contribution in [0.4, 0.5) is 4.39 Å². The van der Waals surface area contributed by atoms with Crippen molar-refractivity contribution in [2.45, 2.75) is 6.42 Å². The zero-order valence-corrected chi connectivity index (χ0v) is 7.62. The van der Waals surface area contributed by atoms with Crippen LogP contribution in [0.5, 0.6) is 0 Å². The lowest BCUT2D eigenvalue weighted by Crippen LogP contribution is -2.11. The SMILES string of the molecule is N#CCc1nc2ccc(F)cc2c(=O)[nH]1. The fourth-order valence-corrected chi connectivity index (χ4v) is 1.32. The van der Waals surface area contributed by atoms with Crippen molar-refractivity contribution in [2.24, 2.45) is 0 Å². The maximum atomic E-state index is 12.8. The number of H-pyrrole nitrogens is 1. The van der Waals surface area contributed by atoms with E-state index in [0.29, 0.717) is 11.3 Å². The van der Waals surface area contributed by atoms with Gasteiger partial charge in [0, 0.05) is 0 Å². The Morgan fingerprint density at radius 1 is 1.53 bits per heavy atom. The van der Waals surface area contributed by atoms with Gasteiger partial charge in [-0.25, -0.2) is 9.37 Å². The summed E-state index contributed by atoms with van der Waals surface area (Å²) in [5.74, 6) is -0.190. The van der Waals surface area contributed by atoms with Crippen LogP contribution in [0.2, 0.25) is 0 Å². The third kappa shape index (κ3) is 1.70. The van der Waals surface area contributed by atoms with Gasteiger partial charge in [-0.1, -0.05) is 0 Å². The van der Waals surface area contributed by atoms with Gasteiger partial charge in [-0.3, -0.25) is 4.79 Å². The van der Waals surface area contributed by atoms with Crippen molar-refractivity contribution in [3.05, 3.63) is 40.2 Å². The van der Waals surface area contributed by atoms with Gasteiger partial charge >= 0.3 is 0 Å². The Balaban J connectivity index is 2.74. The Morgan fingerprint density at radius 2 is 2.33 bits per heavy atom. The van der Waals surface area contributed by atoms with E-state index in [9.17, 15) is 9.18 Å². The fourth-order valence-electron chi connectivity index (χ4n) is 1.32. The summed E-state index contributed by atoms with van der Waals surface area (Å²) in [4.78, 5) is 17.9. The minimum atomic E-state index is -0.483. The lowest BCUT2D eigenvalue weighted by molar-refractivity contribution is 0.629. The first-order valence-electron chi connectivity index (χ1n) is 4.26. The van der Waals surface area contributed by atoms with Gasteiger partial charge in [0.15, 0.2) is 0 Å². The van der Waals surface area contributed by atoms with Gasteiger partial charge in [0.05, 0.1) is 23.4 Å². The number of nitriles is 1. The summed E-state index contributed by atoms with van der Waals surface area (Å²) < 4.78 is 12.8. The largest absolute Gasteiger partial charge is 0.309 e. The topological polar surface area (TPSA) is 69.5 Å². The normalized spacial score (nSPS) is 10.1. The molecule has 15 heavy (non-hydrogen) atoms. The number of hydrogen-bond acceptors (Lipinski definition) is 3. The first-order valence-corrected chi connectivity index (χ1v) is 4.26. The predicted molar refractivity (Wildman–Crippen MR) is 51.6 cm³/mol. The second-order valence-corrected chi connectivity index (χ2v) is 3.01. The number of fused-ring (bicyclic) bond motifs is 1. The fraction of sp³-hybridized carbons (Fsp3) is 0.100. The highest BCUT2D eigenvalue weighted by Gasteiger charge is 2.04. The summed E-state index contributed by atoms with van der Waals surface area (Å²) in [6.45, 7) is 0. The maximum absolute atomic E-state index is 12.8. The van der Waals surface area contributed by atoms with Crippen molar-refractivity contribution in [3.8, 4) is 6.07 Å². The van der Waals surface area contributed by atoms with Crippen molar-refractivity contribution in [1.82, 2.24) is 9.97 Å². The lowest BCUT2D eigenvalue weighted by atomic mass is 10.2. The summed E-state index contributed by atoms with van der Waals surface area (Å²) in [6.07, 6.45) is 0.0303. The van der Waals surface area contributed by atoms with Crippen LogP contribution < -0.4 is 5.56 Å². The smallest absolute Gasteiger partial charge is 0.258 e. The van der Waals surface area contributed by atoms with Gasteiger partial charge in [-0.05, 0) is 18.2 Å². The first-order chi connectivity index (χ1) is 7.20. The number of halogens is 1. The number of benzene rings is 1. The van der Waals surface area contributed by atoms with E-state index in [2.05, 4.69) is 9.97 Å². The van der Waals surface area contributed by atoms with Crippen LogP contribution in [-0.4, -0.2) is 9.97 Å². The molecule has 4 nitrogen and oxygen atoms in total. The number of aromatic amines is 1. The molecule has 1 aromatic carbocycles. The molecule has 1 N–H and O–H groups in total. The van der Waals surface area contributed by atoms with E-state index in [1.807, 2.05) is 6.07 Å². The molecule has 0 fully saturated rings. The molecule has 2 aromatic rings. The third-order valence-corrected chi connectivity index (χ3v) is 1.96. The molecular formula is C10H6FN3O. The van der Waals surface area contributed by atoms with E-state index >= 15 is 0 Å². The molecule has 0 aliphatic rings. The van der Waals surface area contributed by atoms with E-state index in [1.165, 1.54) is 12.1 Å². The van der Waals surface area contributed by atoms with E-state index < -0.39 is 11.4 Å². The molecule has 0 aliphatic carbocycles. The number of nitrogens with zero attached hydrogens (tertiary/aromatic N) is 2. The summed E-state index contributed by atoms with van der Waals surface area (Å²) in [6, 6.07) is 5.65. The highest BCUT2D eigenvalue weighted by Crippen LogP contribution is 2.08. The molecule has 1 heterocycles. The molecule has 0 bridgehead atoms. The minimum absolute atomic E-state index is 0.0303. The highest BCUT2D eigenvalue weighted by molar-refractivity contribution is 5.77. The number of nitrogens with one attached hydrogen (secondary N) is 1. The molecule has 74 valence electrons. The van der Waals surface area contributed by atoms with Crippen LogP contribution in [0, 0.1) is 17.1 Å². The standard InChI is InChI=1S/C10H6FN3O/c11-6-1-2-8-7(5-6)10(15)14-9(13-8)3-4-12/h1-2,5H,3H2,(H,13,14,15). The van der Waals surface area contributed by atoms with Gasteiger partial charge < -0.3 is 4.98 Å². The molecule has 0 amide bonds. The van der Waals surface area contributed by atoms with Gasteiger partial charge in [0.1, 0.15) is 11.6 Å². The lowest BCUT2D eigenvalue weighted by Gasteiger charge is -1.98. The summed E-state index contributed by atoms with van der Waals surface area (Å²) >= 11 is 0. The number of aromatic nitrogens is 2. The molecule has 0 radical (unpaired) electrons. The van der Waals surface area contributed by atoms with E-state index in [4.69, 9.17) is 5.26 Å². The third-order valence-electron chi connectivity index (χ3n) is 1.96. The maximum Gasteiger partial charge on any atom is 0.258 e. The molecule has 5 heteroatoms. The molecule has 0 spiro atoms. The second-order valence-electron chi connectivity index (χ2n) is 3.01. The predicted octanol–water partition coefficient (Wildman–Crippen LogP) is 1.13. The first kappa shape index (κ1) is 9.34. The van der Waals surface area contributed by atoms with Crippen molar-refractivity contribution in [1.29, 1.82) is 5.26 Å². The molecule has 0 atom stereocenters. The molecule has 1 aromatic heterocycles. The van der Waals surface area contributed by atoms with Crippen molar-refractivity contribution >= 4 is 10.9 Å². The molecule has 2 rings (SSSR count). The Bertz CT molecular complexity index is 612. The van der Waals surface area contributed by atoms with Crippen LogP contribution in [-0.2, 0) is 6.42 Å². The Kier molecular flexibility index (Phi) is 2.18. The van der Waals surface area contributed by atoms with Crippen LogP contribution in [0.3, 0.4) is 0 Å². The van der Waals surface area contributed by atoms with Crippen LogP contribution >= 0.6 is 0 Å². The van der Waals surface area contributed by atoms with Crippen molar-refractivity contribution in [3.63, 3.8) is 0 Å². The molecule has 0 saturated carbocycles. The Labute approximate surface area is 84.0 Å². The van der Waals surface area contributed by atoms with Gasteiger partial charge in [0.2, 0.25) is 0 Å². The average Bonchev–Trinajstić information content (AvgIpc) is 2.20. The Hall–Kier alpha value is -2.22. The molecule has 0 saturated heterocycles. The van der Waals surface area contributed by atoms with Crippen LogP contribution in [0.1, 0.15) is 5.82 Å². The van der Waals surface area contributed by atoms with Gasteiger partial charge in [0.25, 0.3) is 5.56 Å². The molecular weight excluding hydrogens is 197 g/mol. The average molecular weight is 203 g/mol. The van der Waals surface area contributed by atoms with Gasteiger partial charge in [-0.2, -0.15) is 5.26 Å². The Morgan fingerprint density at radius 3 is 3.07 bits per heavy atom. The zero-order valence-electron chi connectivity index (χ0n) is 7.62. The summed E-state index contributed by atoms with van der Waals surface area (Å²) in [5.41, 5.74) is -0.0323. The second kappa shape index (κ2) is 3.50. The van der Waals surface area contributed by atoms with Crippen LogP contribution in [0.15, 0.2) is 23.0 Å². The van der Waals surface area contributed by atoms with Crippen molar-refractivity contribution < 1.29 is 4.39 Å². The monoisotopic (exact) mass is 203 g/mol. The van der Waals surface area contributed by atoms with E-state index in [0.717, 1.165) is 6.07 Å². The zero-order chi connectivity index (χ0) is 10.8. The van der Waals surface area contributed by atoms with E-state index in [1.54, 1.807) is 0 Å². The van der Waals surface area contributed by atoms with Crippen molar-refractivity contribution in [2.75, 3.05) is 0 Å². The molecule has 0 unspecified atom stereocenters. The summed E-state index contributed by atoms with van der Waals surface area (Å²) in [7, 11) is 0. The molecule has 0 aliphatic heterocycles. The summed E-state index contributed by atoms with van der Waals surface area (Å²) in [5, 5.41) is 8.65. The quantitative estimate of drug-likeness (QED) is 0.755. The minimum Gasteiger partial charge on any atom is -0.309 e. The highest BCUT2D eigenvalue weighted by atomic mass is 19.1. The number of hydrogen-bond donors (Lipinski definition) is 1. The van der Waals surface area contributed by atoms with E-state index in [-0.39, 0.29) is 11.8 Å². The van der Waals surface area contributed by atoms with Crippen LogP contribution in [0.25, 0.3) is 10.9 Å².